The lowest BCUT2D eigenvalue weighted by molar-refractivity contribution is -0.0100. The van der Waals surface area contributed by atoms with Crippen LogP contribution in [0.25, 0.3) is 0 Å². The lowest BCUT2D eigenvalue weighted by Gasteiger charge is -2.44. The summed E-state index contributed by atoms with van der Waals surface area (Å²) in [5, 5.41) is 8.07. The first-order chi connectivity index (χ1) is 10.3. The van der Waals surface area contributed by atoms with E-state index in [9.17, 15) is 4.79 Å². The van der Waals surface area contributed by atoms with Gasteiger partial charge in [-0.3, -0.25) is 4.90 Å². The van der Waals surface area contributed by atoms with Crippen LogP contribution in [0.15, 0.2) is 18.3 Å². The molecule has 6 nitrogen and oxygen atoms in total. The first kappa shape index (κ1) is 16.7. The van der Waals surface area contributed by atoms with Crippen molar-refractivity contribution >= 4 is 6.09 Å². The van der Waals surface area contributed by atoms with Crippen molar-refractivity contribution in [2.24, 2.45) is 0 Å². The lowest BCUT2D eigenvalue weighted by Crippen LogP contribution is -2.58. The van der Waals surface area contributed by atoms with Gasteiger partial charge < -0.3 is 9.64 Å². The van der Waals surface area contributed by atoms with Crippen molar-refractivity contribution in [2.75, 3.05) is 13.1 Å². The molecule has 0 N–H and O–H groups in total. The minimum Gasteiger partial charge on any atom is -0.444 e. The SMILES string of the molecule is CC1CN(C(=O)OC(C)(C)C)C[C@H](C)N1Cc1cccnn1. The Morgan fingerprint density at radius 3 is 2.45 bits per heavy atom. The summed E-state index contributed by atoms with van der Waals surface area (Å²) in [5.74, 6) is 0. The molecule has 6 heteroatoms. The van der Waals surface area contributed by atoms with E-state index in [1.807, 2.05) is 32.9 Å². The monoisotopic (exact) mass is 306 g/mol. The first-order valence-corrected chi connectivity index (χ1v) is 7.76. The standard InChI is InChI=1S/C16H26N4O2/c1-12-9-19(15(21)22-16(3,4)5)10-13(2)20(12)11-14-7-6-8-17-18-14/h6-8,12-13H,9-11H2,1-5H3/t12-,13?/m0/s1. The maximum Gasteiger partial charge on any atom is 0.410 e. The Hall–Kier alpha value is -1.69. The number of amides is 1. The number of piperazine rings is 1. The third kappa shape index (κ3) is 4.40. The number of carbonyl (C=O) groups is 1. The van der Waals surface area contributed by atoms with Gasteiger partial charge in [-0.1, -0.05) is 0 Å². The molecule has 0 saturated carbocycles. The normalized spacial score (nSPS) is 23.4. The molecule has 0 aromatic carbocycles. The molecule has 22 heavy (non-hydrogen) atoms. The Morgan fingerprint density at radius 2 is 1.95 bits per heavy atom. The maximum absolute atomic E-state index is 12.2. The summed E-state index contributed by atoms with van der Waals surface area (Å²) < 4.78 is 5.47. The van der Waals surface area contributed by atoms with Crippen LogP contribution in [0.4, 0.5) is 4.79 Å². The fourth-order valence-corrected chi connectivity index (χ4v) is 2.75. The molecule has 0 spiro atoms. The van der Waals surface area contributed by atoms with Crippen LogP contribution >= 0.6 is 0 Å². The molecule has 1 aromatic heterocycles. The molecule has 1 aliphatic rings. The number of hydrogen-bond acceptors (Lipinski definition) is 5. The van der Waals surface area contributed by atoms with E-state index in [-0.39, 0.29) is 18.2 Å². The summed E-state index contributed by atoms with van der Waals surface area (Å²) in [6.45, 7) is 12.0. The fourth-order valence-electron chi connectivity index (χ4n) is 2.75. The second-order valence-corrected chi connectivity index (χ2v) is 6.97. The van der Waals surface area contributed by atoms with E-state index in [0.717, 1.165) is 12.2 Å². The van der Waals surface area contributed by atoms with Crippen LogP contribution in [0.2, 0.25) is 0 Å². The predicted octanol–water partition coefficient (Wildman–Crippen LogP) is 2.31. The van der Waals surface area contributed by atoms with E-state index in [4.69, 9.17) is 4.74 Å². The topological polar surface area (TPSA) is 58.6 Å². The van der Waals surface area contributed by atoms with Crippen molar-refractivity contribution in [3.63, 3.8) is 0 Å². The second-order valence-electron chi connectivity index (χ2n) is 6.97. The number of nitrogens with zero attached hydrogens (tertiary/aromatic N) is 4. The molecule has 1 aromatic rings. The average Bonchev–Trinajstić information content (AvgIpc) is 2.42. The lowest BCUT2D eigenvalue weighted by atomic mass is 10.1. The van der Waals surface area contributed by atoms with E-state index in [0.29, 0.717) is 13.1 Å². The molecule has 0 bridgehead atoms. The molecule has 1 unspecified atom stereocenters. The van der Waals surface area contributed by atoms with Gasteiger partial charge in [0, 0.05) is 37.9 Å². The van der Waals surface area contributed by atoms with E-state index < -0.39 is 5.60 Å². The molecular formula is C16H26N4O2. The zero-order chi connectivity index (χ0) is 16.3. The van der Waals surface area contributed by atoms with Gasteiger partial charge in [0.2, 0.25) is 0 Å². The summed E-state index contributed by atoms with van der Waals surface area (Å²) in [7, 11) is 0. The highest BCUT2D eigenvalue weighted by molar-refractivity contribution is 5.68. The van der Waals surface area contributed by atoms with Gasteiger partial charge in [0.05, 0.1) is 5.69 Å². The number of carbonyl (C=O) groups excluding carboxylic acids is 1. The third-order valence-electron chi connectivity index (χ3n) is 3.73. The van der Waals surface area contributed by atoms with Crippen LogP contribution in [0.5, 0.6) is 0 Å². The average molecular weight is 306 g/mol. The van der Waals surface area contributed by atoms with E-state index in [1.54, 1.807) is 11.1 Å². The van der Waals surface area contributed by atoms with Crippen molar-refractivity contribution in [2.45, 2.75) is 58.8 Å². The molecule has 2 heterocycles. The van der Waals surface area contributed by atoms with Crippen molar-refractivity contribution in [3.8, 4) is 0 Å². The summed E-state index contributed by atoms with van der Waals surface area (Å²) in [6.07, 6.45) is 1.45. The van der Waals surface area contributed by atoms with Crippen molar-refractivity contribution in [1.82, 2.24) is 20.0 Å². The van der Waals surface area contributed by atoms with Gasteiger partial charge in [0.25, 0.3) is 0 Å². The van der Waals surface area contributed by atoms with Crippen LogP contribution in [-0.4, -0.2) is 56.9 Å². The van der Waals surface area contributed by atoms with Crippen LogP contribution in [-0.2, 0) is 11.3 Å². The van der Waals surface area contributed by atoms with Gasteiger partial charge in [-0.25, -0.2) is 4.79 Å². The second kappa shape index (κ2) is 6.60. The molecular weight excluding hydrogens is 280 g/mol. The van der Waals surface area contributed by atoms with Gasteiger partial charge in [0.1, 0.15) is 5.60 Å². The van der Waals surface area contributed by atoms with E-state index >= 15 is 0 Å². The fraction of sp³-hybridized carbons (Fsp3) is 0.688. The molecule has 1 fully saturated rings. The number of rotatable bonds is 2. The number of ether oxygens (including phenoxy) is 1. The van der Waals surface area contributed by atoms with Gasteiger partial charge in [-0.05, 0) is 46.8 Å². The van der Waals surface area contributed by atoms with Gasteiger partial charge in [-0.2, -0.15) is 10.2 Å². The Bertz CT molecular complexity index is 489. The zero-order valence-electron chi connectivity index (χ0n) is 14.1. The van der Waals surface area contributed by atoms with Gasteiger partial charge in [0.15, 0.2) is 0 Å². The predicted molar refractivity (Wildman–Crippen MR) is 84.3 cm³/mol. The zero-order valence-corrected chi connectivity index (χ0v) is 14.1. The smallest absolute Gasteiger partial charge is 0.410 e. The Kier molecular flexibility index (Phi) is 5.01. The van der Waals surface area contributed by atoms with Crippen LogP contribution in [0.3, 0.4) is 0 Å². The highest BCUT2D eigenvalue weighted by Crippen LogP contribution is 2.20. The van der Waals surface area contributed by atoms with Crippen molar-refractivity contribution in [3.05, 3.63) is 24.0 Å². The van der Waals surface area contributed by atoms with Crippen LogP contribution < -0.4 is 0 Å². The number of aromatic nitrogens is 2. The molecule has 1 aliphatic heterocycles. The molecule has 0 radical (unpaired) electrons. The largest absolute Gasteiger partial charge is 0.444 e. The van der Waals surface area contributed by atoms with E-state index in [2.05, 4.69) is 28.9 Å². The van der Waals surface area contributed by atoms with Crippen LogP contribution in [0.1, 0.15) is 40.3 Å². The number of hydrogen-bond donors (Lipinski definition) is 0. The van der Waals surface area contributed by atoms with Gasteiger partial charge in [-0.15, -0.1) is 0 Å². The quantitative estimate of drug-likeness (QED) is 0.839. The summed E-state index contributed by atoms with van der Waals surface area (Å²) >= 11 is 0. The molecule has 2 atom stereocenters. The Morgan fingerprint density at radius 1 is 1.32 bits per heavy atom. The highest BCUT2D eigenvalue weighted by atomic mass is 16.6. The summed E-state index contributed by atoms with van der Waals surface area (Å²) in [4.78, 5) is 16.4. The van der Waals surface area contributed by atoms with Crippen molar-refractivity contribution in [1.29, 1.82) is 0 Å². The molecule has 0 aliphatic carbocycles. The Labute approximate surface area is 132 Å². The van der Waals surface area contributed by atoms with Gasteiger partial charge >= 0.3 is 6.09 Å². The maximum atomic E-state index is 12.2. The summed E-state index contributed by atoms with van der Waals surface area (Å²) in [5.41, 5.74) is 0.493. The van der Waals surface area contributed by atoms with Crippen molar-refractivity contribution < 1.29 is 9.53 Å². The first-order valence-electron chi connectivity index (χ1n) is 7.76. The summed E-state index contributed by atoms with van der Waals surface area (Å²) in [6, 6.07) is 4.37. The molecule has 122 valence electrons. The minimum atomic E-state index is -0.458. The highest BCUT2D eigenvalue weighted by Gasteiger charge is 2.33. The van der Waals surface area contributed by atoms with Crippen LogP contribution in [0, 0.1) is 0 Å². The molecule has 1 amide bonds. The minimum absolute atomic E-state index is 0.231. The molecule has 2 rings (SSSR count). The van der Waals surface area contributed by atoms with E-state index in [1.165, 1.54) is 0 Å². The third-order valence-corrected chi connectivity index (χ3v) is 3.73. The Balaban J connectivity index is 1.98. The molecule has 1 saturated heterocycles.